The van der Waals surface area contributed by atoms with Gasteiger partial charge in [-0.15, -0.1) is 0 Å². The Labute approximate surface area is 168 Å². The first-order valence-electron chi connectivity index (χ1n) is 8.79. The highest BCUT2D eigenvalue weighted by Crippen LogP contribution is 2.36. The van der Waals surface area contributed by atoms with E-state index in [4.69, 9.17) is 21.1 Å². The van der Waals surface area contributed by atoms with E-state index in [1.807, 2.05) is 12.1 Å². The van der Waals surface area contributed by atoms with Gasteiger partial charge in [0.15, 0.2) is 5.82 Å². The zero-order valence-electron chi connectivity index (χ0n) is 15.6. The summed E-state index contributed by atoms with van der Waals surface area (Å²) in [6, 6.07) is 5.47. The molecule has 5 nitrogen and oxygen atoms in total. The average Bonchev–Trinajstić information content (AvgIpc) is 2.62. The Hall–Kier alpha value is -1.53. The second-order valence-corrected chi connectivity index (χ2v) is 7.09. The molecule has 0 amide bonds. The molecule has 0 saturated carbocycles. The van der Waals surface area contributed by atoms with Crippen LogP contribution >= 0.6 is 27.5 Å². The molecule has 1 aromatic carbocycles. The van der Waals surface area contributed by atoms with Crippen LogP contribution in [0, 0.1) is 0 Å². The van der Waals surface area contributed by atoms with Crippen molar-refractivity contribution in [1.29, 1.82) is 0 Å². The van der Waals surface area contributed by atoms with Crippen LogP contribution < -0.4 is 14.8 Å². The highest BCUT2D eigenvalue weighted by Gasteiger charge is 2.19. The molecule has 0 saturated heterocycles. The average molecular weight is 443 g/mol. The van der Waals surface area contributed by atoms with Crippen LogP contribution in [0.15, 0.2) is 22.8 Å². The topological polar surface area (TPSA) is 56.3 Å². The molecule has 142 valence electrons. The fourth-order valence-corrected chi connectivity index (χ4v) is 3.42. The van der Waals surface area contributed by atoms with Gasteiger partial charge >= 0.3 is 0 Å². The fourth-order valence-electron chi connectivity index (χ4n) is 2.70. The summed E-state index contributed by atoms with van der Waals surface area (Å²) in [7, 11) is 3.41. The summed E-state index contributed by atoms with van der Waals surface area (Å²) < 4.78 is 11.9. The van der Waals surface area contributed by atoms with E-state index >= 15 is 0 Å². The Morgan fingerprint density at radius 3 is 2.42 bits per heavy atom. The molecule has 0 aliphatic rings. The molecule has 0 aliphatic heterocycles. The second-order valence-electron chi connectivity index (χ2n) is 5.93. The number of nitrogens with zero attached hydrogens (tertiary/aromatic N) is 2. The molecule has 1 heterocycles. The van der Waals surface area contributed by atoms with E-state index in [0.29, 0.717) is 32.8 Å². The molecule has 0 fully saturated rings. The molecule has 0 radical (unpaired) electrons. The van der Waals surface area contributed by atoms with E-state index in [2.05, 4.69) is 45.1 Å². The van der Waals surface area contributed by atoms with Crippen molar-refractivity contribution in [2.45, 2.75) is 45.6 Å². The summed E-state index contributed by atoms with van der Waals surface area (Å²) in [4.78, 5) is 9.27. The number of rotatable bonds is 9. The van der Waals surface area contributed by atoms with Crippen LogP contribution in [0.4, 0.5) is 5.82 Å². The van der Waals surface area contributed by atoms with Crippen LogP contribution in [0.5, 0.6) is 11.6 Å². The van der Waals surface area contributed by atoms with Gasteiger partial charge in [0.25, 0.3) is 5.88 Å². The van der Waals surface area contributed by atoms with Crippen molar-refractivity contribution in [2.75, 3.05) is 19.5 Å². The van der Waals surface area contributed by atoms with Gasteiger partial charge in [0, 0.05) is 12.6 Å². The lowest BCUT2D eigenvalue weighted by Crippen LogP contribution is -2.18. The third-order valence-electron chi connectivity index (χ3n) is 3.99. The van der Waals surface area contributed by atoms with Crippen LogP contribution in [-0.4, -0.2) is 30.2 Å². The number of ether oxygens (including phenoxy) is 2. The largest absolute Gasteiger partial charge is 0.497 e. The normalized spacial score (nSPS) is 10.9. The number of anilines is 1. The first-order valence-corrected chi connectivity index (χ1v) is 9.96. The van der Waals surface area contributed by atoms with Gasteiger partial charge in [-0.1, -0.05) is 38.3 Å². The van der Waals surface area contributed by atoms with Crippen molar-refractivity contribution < 1.29 is 9.47 Å². The minimum Gasteiger partial charge on any atom is -0.497 e. The summed E-state index contributed by atoms with van der Waals surface area (Å²) in [6.45, 7) is 4.31. The van der Waals surface area contributed by atoms with Crippen LogP contribution in [0.25, 0.3) is 11.3 Å². The van der Waals surface area contributed by atoms with Crippen LogP contribution in [0.1, 0.15) is 39.5 Å². The smallest absolute Gasteiger partial charge is 0.258 e. The molecule has 0 spiro atoms. The van der Waals surface area contributed by atoms with Gasteiger partial charge < -0.3 is 14.8 Å². The maximum absolute atomic E-state index is 6.40. The zero-order valence-corrected chi connectivity index (χ0v) is 17.9. The number of methoxy groups -OCH3 is 1. The Morgan fingerprint density at radius 1 is 1.19 bits per heavy atom. The van der Waals surface area contributed by atoms with Gasteiger partial charge in [-0.2, -0.15) is 0 Å². The van der Waals surface area contributed by atoms with Crippen LogP contribution in [-0.2, 0) is 0 Å². The zero-order chi connectivity index (χ0) is 19.1. The molecule has 0 bridgehead atoms. The summed E-state index contributed by atoms with van der Waals surface area (Å²) in [5, 5.41) is 3.62. The predicted octanol–water partition coefficient (Wildman–Crippen LogP) is 5.96. The molecule has 1 aromatic heterocycles. The monoisotopic (exact) mass is 441 g/mol. The van der Waals surface area contributed by atoms with E-state index in [9.17, 15) is 0 Å². The lowest BCUT2D eigenvalue weighted by molar-refractivity contribution is 0.171. The lowest BCUT2D eigenvalue weighted by atomic mass is 10.1. The maximum atomic E-state index is 6.40. The van der Waals surface area contributed by atoms with E-state index in [0.717, 1.165) is 31.2 Å². The molecule has 2 aromatic rings. The van der Waals surface area contributed by atoms with Gasteiger partial charge in [0.2, 0.25) is 0 Å². The highest BCUT2D eigenvalue weighted by atomic mass is 79.9. The number of hydrogen-bond acceptors (Lipinski definition) is 5. The lowest BCUT2D eigenvalue weighted by Gasteiger charge is -2.20. The highest BCUT2D eigenvalue weighted by molar-refractivity contribution is 9.10. The molecule has 0 unspecified atom stereocenters. The molecular weight excluding hydrogens is 418 g/mol. The van der Waals surface area contributed by atoms with E-state index in [-0.39, 0.29) is 6.10 Å². The number of nitrogens with one attached hydrogen (secondary N) is 1. The van der Waals surface area contributed by atoms with Crippen molar-refractivity contribution in [3.8, 4) is 22.9 Å². The van der Waals surface area contributed by atoms with Crippen molar-refractivity contribution in [3.05, 3.63) is 27.8 Å². The summed E-state index contributed by atoms with van der Waals surface area (Å²) >= 11 is 9.91. The maximum Gasteiger partial charge on any atom is 0.258 e. The Bertz CT molecular complexity index is 737. The minimum absolute atomic E-state index is 0.133. The Morgan fingerprint density at radius 2 is 1.88 bits per heavy atom. The van der Waals surface area contributed by atoms with Gasteiger partial charge in [-0.25, -0.2) is 9.97 Å². The van der Waals surface area contributed by atoms with Gasteiger partial charge in [-0.05, 0) is 47.0 Å². The number of benzene rings is 1. The quantitative estimate of drug-likeness (QED) is 0.519. The molecule has 26 heavy (non-hydrogen) atoms. The molecule has 7 heteroatoms. The predicted molar refractivity (Wildman–Crippen MR) is 111 cm³/mol. The van der Waals surface area contributed by atoms with E-state index in [1.165, 1.54) is 0 Å². The summed E-state index contributed by atoms with van der Waals surface area (Å²) in [6.07, 6.45) is 4.24. The molecule has 1 N–H and O–H groups in total. The number of hydrogen-bond donors (Lipinski definition) is 1. The van der Waals surface area contributed by atoms with Crippen molar-refractivity contribution in [2.24, 2.45) is 0 Å². The second kappa shape index (κ2) is 9.97. The molecular formula is C19H25BrClN3O2. The third kappa shape index (κ3) is 5.01. The number of halogens is 2. The summed E-state index contributed by atoms with van der Waals surface area (Å²) in [5.74, 6) is 1.78. The van der Waals surface area contributed by atoms with Gasteiger partial charge in [0.05, 0.1) is 12.1 Å². The molecule has 0 aliphatic carbocycles. The van der Waals surface area contributed by atoms with Gasteiger partial charge in [0.1, 0.15) is 22.2 Å². The number of aromatic nitrogens is 2. The Balaban J connectivity index is 2.40. The van der Waals surface area contributed by atoms with Crippen LogP contribution in [0.2, 0.25) is 5.02 Å². The van der Waals surface area contributed by atoms with Crippen molar-refractivity contribution in [1.82, 2.24) is 9.97 Å². The van der Waals surface area contributed by atoms with Gasteiger partial charge in [-0.3, -0.25) is 0 Å². The molecule has 2 rings (SSSR count). The third-order valence-corrected chi connectivity index (χ3v) is 4.85. The first-order chi connectivity index (χ1) is 12.5. The van der Waals surface area contributed by atoms with E-state index < -0.39 is 0 Å². The van der Waals surface area contributed by atoms with E-state index in [1.54, 1.807) is 20.2 Å². The SMILES string of the molecule is CCCC(CCC)Oc1nc(Br)c(-c2ccc(OC)cc2Cl)nc1NC. The standard InChI is InChI=1S/C19H25BrClN3O2/c1-5-7-12(8-6-2)26-19-18(22-3)23-16(17(20)24-19)14-10-9-13(25-4)11-15(14)21/h9-12H,5-8H2,1-4H3,(H,22,23). The van der Waals surface area contributed by atoms with Crippen molar-refractivity contribution in [3.63, 3.8) is 0 Å². The van der Waals surface area contributed by atoms with Crippen LogP contribution in [0.3, 0.4) is 0 Å². The van der Waals surface area contributed by atoms with Crippen molar-refractivity contribution >= 4 is 33.3 Å². The first kappa shape index (κ1) is 20.8. The fraction of sp³-hybridized carbons (Fsp3) is 0.474. The molecule has 0 atom stereocenters. The Kier molecular flexibility index (Phi) is 7.97. The minimum atomic E-state index is 0.133. The summed E-state index contributed by atoms with van der Waals surface area (Å²) in [5.41, 5.74) is 1.42.